The summed E-state index contributed by atoms with van der Waals surface area (Å²) in [5.74, 6) is -0.422. The number of anilines is 1. The Balaban J connectivity index is 1.68. The molecule has 1 fully saturated rings. The van der Waals surface area contributed by atoms with E-state index in [0.29, 0.717) is 11.3 Å². The molecule has 0 spiro atoms. The van der Waals surface area contributed by atoms with E-state index >= 15 is 0 Å². The number of piperidine rings is 1. The number of nitrogens with zero attached hydrogens (tertiary/aromatic N) is 3. The molecular weight excluding hydrogens is 363 g/mol. The number of halogens is 3. The Morgan fingerprint density at radius 3 is 2.81 bits per heavy atom. The Morgan fingerprint density at radius 2 is 2.11 bits per heavy atom. The molecule has 2 N–H and O–H groups in total. The zero-order valence-corrected chi connectivity index (χ0v) is 14.7. The summed E-state index contributed by atoms with van der Waals surface area (Å²) in [4.78, 5) is 12.4. The molecule has 1 amide bonds. The average molecular weight is 383 g/mol. The first-order valence-electron chi connectivity index (χ1n) is 8.56. The summed E-state index contributed by atoms with van der Waals surface area (Å²) in [7, 11) is 0. The third-order valence-electron chi connectivity index (χ3n) is 4.35. The predicted molar refractivity (Wildman–Crippen MR) is 91.8 cm³/mol. The minimum absolute atomic E-state index is 0.0588. The first-order chi connectivity index (χ1) is 12.8. The maximum absolute atomic E-state index is 12.4. The molecule has 10 heteroatoms. The molecule has 146 valence electrons. The monoisotopic (exact) mass is 383 g/mol. The van der Waals surface area contributed by atoms with E-state index in [1.807, 2.05) is 0 Å². The largest absolute Gasteiger partial charge is 0.484 e. The highest BCUT2D eigenvalue weighted by atomic mass is 19.4. The van der Waals surface area contributed by atoms with Crippen molar-refractivity contribution >= 4 is 11.6 Å². The van der Waals surface area contributed by atoms with E-state index in [4.69, 9.17) is 4.74 Å². The molecule has 2 aromatic rings. The number of ether oxygens (including phenoxy) is 1. The predicted octanol–water partition coefficient (Wildman–Crippen LogP) is 2.70. The van der Waals surface area contributed by atoms with Crippen LogP contribution in [0.1, 0.15) is 34.9 Å². The number of nitrogens with one attached hydrogen (secondary N) is 2. The van der Waals surface area contributed by atoms with Crippen LogP contribution in [0.3, 0.4) is 0 Å². The van der Waals surface area contributed by atoms with Crippen LogP contribution in [0.4, 0.5) is 18.9 Å². The Bertz CT molecular complexity index is 800. The van der Waals surface area contributed by atoms with Crippen LogP contribution in [0, 0.1) is 6.92 Å². The quantitative estimate of drug-likeness (QED) is 0.830. The first kappa shape index (κ1) is 19.2. The fourth-order valence-corrected chi connectivity index (χ4v) is 2.88. The minimum Gasteiger partial charge on any atom is -0.484 e. The highest BCUT2D eigenvalue weighted by Crippen LogP contribution is 2.27. The third kappa shape index (κ3) is 4.97. The normalized spacial score (nSPS) is 15.6. The number of carbonyl (C=O) groups is 1. The SMILES string of the molecule is Cc1c(NC(=O)c2cn(C3CCNCC3)nn2)cccc1OCC(F)(F)F. The van der Waals surface area contributed by atoms with Gasteiger partial charge in [0.1, 0.15) is 5.75 Å². The molecule has 0 atom stereocenters. The van der Waals surface area contributed by atoms with Crippen molar-refractivity contribution in [3.8, 4) is 5.75 Å². The Hall–Kier alpha value is -2.62. The summed E-state index contributed by atoms with van der Waals surface area (Å²) in [6.07, 6.45) is -1.03. The van der Waals surface area contributed by atoms with Crippen LogP contribution >= 0.6 is 0 Å². The smallest absolute Gasteiger partial charge is 0.422 e. The van der Waals surface area contributed by atoms with Gasteiger partial charge in [-0.25, -0.2) is 4.68 Å². The number of benzene rings is 1. The molecule has 3 rings (SSSR count). The van der Waals surface area contributed by atoms with Gasteiger partial charge in [-0.2, -0.15) is 13.2 Å². The Kier molecular flexibility index (Phi) is 5.64. The van der Waals surface area contributed by atoms with Gasteiger partial charge in [-0.1, -0.05) is 11.3 Å². The van der Waals surface area contributed by atoms with Crippen LogP contribution in [-0.4, -0.2) is 46.8 Å². The van der Waals surface area contributed by atoms with Crippen LogP contribution in [0.25, 0.3) is 0 Å². The van der Waals surface area contributed by atoms with Crippen molar-refractivity contribution in [3.05, 3.63) is 35.7 Å². The fourth-order valence-electron chi connectivity index (χ4n) is 2.88. The molecule has 27 heavy (non-hydrogen) atoms. The van der Waals surface area contributed by atoms with Gasteiger partial charge >= 0.3 is 6.18 Å². The molecule has 0 radical (unpaired) electrons. The Morgan fingerprint density at radius 1 is 1.37 bits per heavy atom. The van der Waals surface area contributed by atoms with Crippen LogP contribution in [0.2, 0.25) is 0 Å². The summed E-state index contributed by atoms with van der Waals surface area (Å²) in [6.45, 7) is 1.95. The van der Waals surface area contributed by atoms with Gasteiger partial charge in [0.25, 0.3) is 5.91 Å². The molecule has 0 unspecified atom stereocenters. The van der Waals surface area contributed by atoms with Crippen molar-refractivity contribution in [1.82, 2.24) is 20.3 Å². The molecule has 1 aromatic heterocycles. The first-order valence-corrected chi connectivity index (χ1v) is 8.56. The molecule has 1 saturated heterocycles. The molecule has 7 nitrogen and oxygen atoms in total. The number of amides is 1. The molecule has 0 bridgehead atoms. The Labute approximate surface area is 153 Å². The van der Waals surface area contributed by atoms with E-state index in [-0.39, 0.29) is 17.5 Å². The zero-order chi connectivity index (χ0) is 19.4. The van der Waals surface area contributed by atoms with Gasteiger partial charge in [-0.05, 0) is 45.0 Å². The van der Waals surface area contributed by atoms with Crippen LogP contribution in [0.5, 0.6) is 5.75 Å². The maximum Gasteiger partial charge on any atom is 0.422 e. The highest BCUT2D eigenvalue weighted by molar-refractivity contribution is 6.03. The molecule has 0 saturated carbocycles. The molecular formula is C17H20F3N5O2. The number of rotatable bonds is 5. The third-order valence-corrected chi connectivity index (χ3v) is 4.35. The molecule has 1 aliphatic heterocycles. The topological polar surface area (TPSA) is 81.1 Å². The number of aromatic nitrogens is 3. The van der Waals surface area contributed by atoms with E-state index in [0.717, 1.165) is 25.9 Å². The van der Waals surface area contributed by atoms with Crippen molar-refractivity contribution in [3.63, 3.8) is 0 Å². The highest BCUT2D eigenvalue weighted by Gasteiger charge is 2.29. The molecule has 1 aromatic carbocycles. The van der Waals surface area contributed by atoms with Gasteiger partial charge in [-0.15, -0.1) is 5.10 Å². The van der Waals surface area contributed by atoms with Crippen molar-refractivity contribution in [2.45, 2.75) is 32.0 Å². The number of alkyl halides is 3. The summed E-state index contributed by atoms with van der Waals surface area (Å²) < 4.78 is 43.5. The van der Waals surface area contributed by atoms with Gasteiger partial charge in [0.15, 0.2) is 12.3 Å². The van der Waals surface area contributed by atoms with Gasteiger partial charge in [0.2, 0.25) is 0 Å². The summed E-state index contributed by atoms with van der Waals surface area (Å²) in [6, 6.07) is 4.72. The summed E-state index contributed by atoms with van der Waals surface area (Å²) >= 11 is 0. The van der Waals surface area contributed by atoms with E-state index in [1.54, 1.807) is 23.9 Å². The fraction of sp³-hybridized carbons (Fsp3) is 0.471. The van der Waals surface area contributed by atoms with Gasteiger partial charge in [0, 0.05) is 11.3 Å². The minimum atomic E-state index is -4.43. The number of hydrogen-bond acceptors (Lipinski definition) is 5. The van der Waals surface area contributed by atoms with Crippen molar-refractivity contribution in [2.75, 3.05) is 25.0 Å². The lowest BCUT2D eigenvalue weighted by molar-refractivity contribution is -0.153. The van der Waals surface area contributed by atoms with Gasteiger partial charge in [0.05, 0.1) is 12.2 Å². The van der Waals surface area contributed by atoms with Crippen LogP contribution in [-0.2, 0) is 0 Å². The van der Waals surface area contributed by atoms with E-state index in [9.17, 15) is 18.0 Å². The maximum atomic E-state index is 12.4. The number of carbonyl (C=O) groups excluding carboxylic acids is 1. The van der Waals surface area contributed by atoms with Gasteiger partial charge in [-0.3, -0.25) is 4.79 Å². The van der Waals surface area contributed by atoms with Crippen LogP contribution in [0.15, 0.2) is 24.4 Å². The lowest BCUT2D eigenvalue weighted by Gasteiger charge is -2.22. The summed E-state index contributed by atoms with van der Waals surface area (Å²) in [5.41, 5.74) is 0.909. The second kappa shape index (κ2) is 7.95. The summed E-state index contributed by atoms with van der Waals surface area (Å²) in [5, 5.41) is 13.8. The van der Waals surface area contributed by atoms with Crippen molar-refractivity contribution < 1.29 is 22.7 Å². The lowest BCUT2D eigenvalue weighted by Crippen LogP contribution is -2.29. The van der Waals surface area contributed by atoms with E-state index in [1.165, 1.54) is 12.1 Å². The van der Waals surface area contributed by atoms with Crippen LogP contribution < -0.4 is 15.4 Å². The van der Waals surface area contributed by atoms with Gasteiger partial charge < -0.3 is 15.4 Å². The van der Waals surface area contributed by atoms with Crippen molar-refractivity contribution in [1.29, 1.82) is 0 Å². The second-order valence-corrected chi connectivity index (χ2v) is 6.35. The van der Waals surface area contributed by atoms with Crippen molar-refractivity contribution in [2.24, 2.45) is 0 Å². The number of hydrogen-bond donors (Lipinski definition) is 2. The zero-order valence-electron chi connectivity index (χ0n) is 14.7. The van der Waals surface area contributed by atoms with E-state index in [2.05, 4.69) is 20.9 Å². The lowest BCUT2D eigenvalue weighted by atomic mass is 10.1. The molecule has 2 heterocycles. The molecule has 1 aliphatic rings. The van der Waals surface area contributed by atoms with E-state index < -0.39 is 18.7 Å². The average Bonchev–Trinajstić information content (AvgIpc) is 3.13. The standard InChI is InChI=1S/C17H20F3N5O2/c1-11-13(3-2-4-15(11)27-10-17(18,19)20)22-16(26)14-9-25(24-23-14)12-5-7-21-8-6-12/h2-4,9,12,21H,5-8,10H2,1H3,(H,22,26). The molecule has 0 aliphatic carbocycles. The second-order valence-electron chi connectivity index (χ2n) is 6.35.